The molecule has 0 radical (unpaired) electrons. The van der Waals surface area contributed by atoms with E-state index in [1.807, 2.05) is 42.2 Å². The molecule has 2 rings (SSSR count). The predicted molar refractivity (Wildman–Crippen MR) is 96.3 cm³/mol. The van der Waals surface area contributed by atoms with E-state index in [2.05, 4.69) is 13.8 Å². The topological polar surface area (TPSA) is 57.7 Å². The zero-order valence-electron chi connectivity index (χ0n) is 14.8. The molecule has 1 atom stereocenters. The third-order valence-electron chi connectivity index (χ3n) is 4.50. The van der Waals surface area contributed by atoms with Gasteiger partial charge in [0.15, 0.2) is 0 Å². The van der Waals surface area contributed by atoms with Crippen LogP contribution >= 0.6 is 0 Å². The Morgan fingerprint density at radius 1 is 1.08 bits per heavy atom. The monoisotopic (exact) mass is 352 g/mol. The van der Waals surface area contributed by atoms with Gasteiger partial charge >= 0.3 is 0 Å². The molecule has 1 unspecified atom stereocenters. The molecule has 1 heterocycles. The van der Waals surface area contributed by atoms with Gasteiger partial charge in [0.1, 0.15) is 0 Å². The molecule has 24 heavy (non-hydrogen) atoms. The van der Waals surface area contributed by atoms with Gasteiger partial charge in [0, 0.05) is 26.2 Å². The molecule has 0 bridgehead atoms. The lowest BCUT2D eigenvalue weighted by Crippen LogP contribution is -2.52. The molecule has 1 fully saturated rings. The van der Waals surface area contributed by atoms with Crippen LogP contribution in [-0.2, 0) is 14.8 Å². The van der Waals surface area contributed by atoms with Crippen LogP contribution in [-0.4, -0.2) is 55.5 Å². The lowest BCUT2D eigenvalue weighted by atomic mass is 9.87. The molecule has 0 N–H and O–H groups in total. The maximum Gasteiger partial charge on any atom is 0.230 e. The highest BCUT2D eigenvalue weighted by Crippen LogP contribution is 2.27. The zero-order chi connectivity index (χ0) is 17.7. The molecule has 5 nitrogen and oxygen atoms in total. The summed E-state index contributed by atoms with van der Waals surface area (Å²) in [5, 5.41) is 0. The maximum absolute atomic E-state index is 13.0. The summed E-state index contributed by atoms with van der Waals surface area (Å²) in [5.74, 6) is 0.301. The molecule has 1 aliphatic heterocycles. The van der Waals surface area contributed by atoms with Crippen molar-refractivity contribution in [2.75, 3.05) is 31.9 Å². The number of benzene rings is 1. The van der Waals surface area contributed by atoms with Gasteiger partial charge in [0.05, 0.1) is 11.7 Å². The van der Waals surface area contributed by atoms with Gasteiger partial charge in [-0.3, -0.25) is 4.79 Å². The van der Waals surface area contributed by atoms with E-state index in [1.54, 1.807) is 0 Å². The molecular formula is C18H28N2O3S. The van der Waals surface area contributed by atoms with Crippen molar-refractivity contribution in [2.24, 2.45) is 5.92 Å². The number of carbonyl (C=O) groups excluding carboxylic acids is 1. The summed E-state index contributed by atoms with van der Waals surface area (Å²) in [6, 6.07) is 9.83. The van der Waals surface area contributed by atoms with Crippen molar-refractivity contribution in [1.29, 1.82) is 0 Å². The number of sulfonamides is 1. The fourth-order valence-electron chi connectivity index (χ4n) is 3.24. The van der Waals surface area contributed by atoms with Crippen LogP contribution in [0.1, 0.15) is 38.7 Å². The lowest BCUT2D eigenvalue weighted by molar-refractivity contribution is -0.135. The minimum absolute atomic E-state index is 0.101. The molecule has 0 spiro atoms. The van der Waals surface area contributed by atoms with Crippen LogP contribution < -0.4 is 0 Å². The number of nitrogens with zero attached hydrogens (tertiary/aromatic N) is 2. The van der Waals surface area contributed by atoms with Gasteiger partial charge in [0.25, 0.3) is 0 Å². The number of rotatable bonds is 6. The van der Waals surface area contributed by atoms with Crippen LogP contribution in [0.5, 0.6) is 0 Å². The Kier molecular flexibility index (Phi) is 6.40. The van der Waals surface area contributed by atoms with Crippen molar-refractivity contribution in [3.8, 4) is 0 Å². The van der Waals surface area contributed by atoms with Crippen molar-refractivity contribution in [3.63, 3.8) is 0 Å². The normalized spacial score (nSPS) is 17.9. The van der Waals surface area contributed by atoms with Gasteiger partial charge in [-0.25, -0.2) is 8.42 Å². The summed E-state index contributed by atoms with van der Waals surface area (Å²) >= 11 is 0. The summed E-state index contributed by atoms with van der Waals surface area (Å²) in [6.07, 6.45) is 0.616. The highest BCUT2D eigenvalue weighted by atomic mass is 32.2. The zero-order valence-corrected chi connectivity index (χ0v) is 15.6. The number of hydrogen-bond donors (Lipinski definition) is 0. The standard InChI is InChI=1S/C18H28N2O3S/c1-4-14-24(22,23)20-12-10-19(11-13-20)18(21)17(15(2)3)16-8-6-5-7-9-16/h5-9,15,17H,4,10-14H2,1-3H3. The van der Waals surface area contributed by atoms with Crippen molar-refractivity contribution >= 4 is 15.9 Å². The third-order valence-corrected chi connectivity index (χ3v) is 6.57. The highest BCUT2D eigenvalue weighted by Gasteiger charge is 2.33. The third kappa shape index (κ3) is 4.36. The van der Waals surface area contributed by atoms with E-state index in [9.17, 15) is 13.2 Å². The van der Waals surface area contributed by atoms with E-state index in [4.69, 9.17) is 0 Å². The van der Waals surface area contributed by atoms with Crippen molar-refractivity contribution < 1.29 is 13.2 Å². The molecule has 6 heteroatoms. The van der Waals surface area contributed by atoms with Crippen LogP contribution in [0.25, 0.3) is 0 Å². The second-order valence-electron chi connectivity index (χ2n) is 6.67. The lowest BCUT2D eigenvalue weighted by Gasteiger charge is -2.36. The van der Waals surface area contributed by atoms with Gasteiger partial charge in [-0.05, 0) is 17.9 Å². The van der Waals surface area contributed by atoms with E-state index < -0.39 is 10.0 Å². The number of hydrogen-bond acceptors (Lipinski definition) is 3. The number of piperazine rings is 1. The molecule has 1 aromatic carbocycles. The first-order chi connectivity index (χ1) is 11.4. The van der Waals surface area contributed by atoms with Crippen molar-refractivity contribution in [1.82, 2.24) is 9.21 Å². The van der Waals surface area contributed by atoms with Crippen molar-refractivity contribution in [3.05, 3.63) is 35.9 Å². The van der Waals surface area contributed by atoms with Gasteiger partial charge < -0.3 is 4.90 Å². The molecule has 1 saturated heterocycles. The SMILES string of the molecule is CCCS(=O)(=O)N1CCN(C(=O)C(c2ccccc2)C(C)C)CC1. The second kappa shape index (κ2) is 8.12. The van der Waals surface area contributed by atoms with E-state index in [0.717, 1.165) is 5.56 Å². The van der Waals surface area contributed by atoms with Crippen LogP contribution in [0.3, 0.4) is 0 Å². The first kappa shape index (κ1) is 18.9. The minimum Gasteiger partial charge on any atom is -0.340 e. The van der Waals surface area contributed by atoms with Gasteiger partial charge in [-0.1, -0.05) is 51.1 Å². The van der Waals surface area contributed by atoms with Crippen molar-refractivity contribution in [2.45, 2.75) is 33.1 Å². The molecule has 0 aliphatic carbocycles. The average Bonchev–Trinajstić information content (AvgIpc) is 2.55. The van der Waals surface area contributed by atoms with Gasteiger partial charge in [0.2, 0.25) is 15.9 Å². The average molecular weight is 353 g/mol. The van der Waals surface area contributed by atoms with Crippen LogP contribution in [0.15, 0.2) is 30.3 Å². The summed E-state index contributed by atoms with van der Waals surface area (Å²) in [5.41, 5.74) is 1.03. The van der Waals surface area contributed by atoms with Gasteiger partial charge in [-0.15, -0.1) is 0 Å². The highest BCUT2D eigenvalue weighted by molar-refractivity contribution is 7.89. The molecule has 1 aliphatic rings. The Morgan fingerprint density at radius 3 is 2.17 bits per heavy atom. The Morgan fingerprint density at radius 2 is 1.67 bits per heavy atom. The molecular weight excluding hydrogens is 324 g/mol. The fourth-order valence-corrected chi connectivity index (χ4v) is 4.74. The van der Waals surface area contributed by atoms with Gasteiger partial charge in [-0.2, -0.15) is 4.31 Å². The Labute approximate surface area is 145 Å². The van der Waals surface area contributed by atoms with Crippen LogP contribution in [0.4, 0.5) is 0 Å². The summed E-state index contributed by atoms with van der Waals surface area (Å²) in [6.45, 7) is 7.70. The summed E-state index contributed by atoms with van der Waals surface area (Å²) < 4.78 is 25.8. The number of carbonyl (C=O) groups is 1. The van der Waals surface area contributed by atoms with E-state index >= 15 is 0 Å². The second-order valence-corrected chi connectivity index (χ2v) is 8.76. The smallest absolute Gasteiger partial charge is 0.230 e. The fraction of sp³-hybridized carbons (Fsp3) is 0.611. The maximum atomic E-state index is 13.0. The summed E-state index contributed by atoms with van der Waals surface area (Å²) in [7, 11) is -3.18. The predicted octanol–water partition coefficient (Wildman–Crippen LogP) is 2.31. The van der Waals surface area contributed by atoms with E-state index in [1.165, 1.54) is 4.31 Å². The molecule has 1 amide bonds. The molecule has 0 saturated carbocycles. The van der Waals surface area contributed by atoms with Crippen LogP contribution in [0.2, 0.25) is 0 Å². The molecule has 134 valence electrons. The minimum atomic E-state index is -3.18. The summed E-state index contributed by atoms with van der Waals surface area (Å²) in [4.78, 5) is 14.8. The van der Waals surface area contributed by atoms with E-state index in [0.29, 0.717) is 32.6 Å². The largest absolute Gasteiger partial charge is 0.340 e. The molecule has 0 aromatic heterocycles. The first-order valence-electron chi connectivity index (χ1n) is 8.68. The number of amides is 1. The first-order valence-corrected chi connectivity index (χ1v) is 10.3. The Hall–Kier alpha value is -1.40. The van der Waals surface area contributed by atoms with E-state index in [-0.39, 0.29) is 23.5 Å². The van der Waals surface area contributed by atoms with Crippen LogP contribution in [0, 0.1) is 5.92 Å². The molecule has 1 aromatic rings. The Balaban J connectivity index is 2.06. The quantitative estimate of drug-likeness (QED) is 0.789. The Bertz CT molecular complexity index is 635.